The van der Waals surface area contributed by atoms with E-state index in [2.05, 4.69) is 0 Å². The molecule has 0 N–H and O–H groups in total. The third-order valence-corrected chi connectivity index (χ3v) is 2.84. The van der Waals surface area contributed by atoms with Gasteiger partial charge in [0.15, 0.2) is 0 Å². The predicted octanol–water partition coefficient (Wildman–Crippen LogP) is 3.32. The van der Waals surface area contributed by atoms with E-state index >= 15 is 0 Å². The van der Waals surface area contributed by atoms with Gasteiger partial charge in [0.1, 0.15) is 12.4 Å². The first-order valence-corrected chi connectivity index (χ1v) is 7.01. The first kappa shape index (κ1) is 15.8. The van der Waals surface area contributed by atoms with E-state index in [1.165, 1.54) is 0 Å². The third kappa shape index (κ3) is 5.79. The fourth-order valence-electron chi connectivity index (χ4n) is 1.77. The quantitative estimate of drug-likeness (QED) is 0.581. The van der Waals surface area contributed by atoms with Crippen molar-refractivity contribution in [2.24, 2.45) is 0 Å². The lowest BCUT2D eigenvalue weighted by Crippen LogP contribution is -2.10. The second-order valence-corrected chi connectivity index (χ2v) is 4.63. The molecular formula is C18H17O4. The normalized spacial score (nSPS) is 10.0. The molecule has 1 radical (unpaired) electrons. The van der Waals surface area contributed by atoms with Gasteiger partial charge in [-0.2, -0.15) is 0 Å². The molecule has 0 spiro atoms. The van der Waals surface area contributed by atoms with Crippen molar-refractivity contribution in [1.82, 2.24) is 0 Å². The van der Waals surface area contributed by atoms with Crippen LogP contribution in [0.1, 0.15) is 18.4 Å². The van der Waals surface area contributed by atoms with Crippen LogP contribution in [0.2, 0.25) is 0 Å². The molecule has 0 unspecified atom stereocenters. The smallest absolute Gasteiger partial charge is 0.311 e. The van der Waals surface area contributed by atoms with E-state index in [4.69, 9.17) is 9.47 Å². The van der Waals surface area contributed by atoms with E-state index in [1.54, 1.807) is 30.7 Å². The van der Waals surface area contributed by atoms with Crippen LogP contribution in [0.15, 0.2) is 60.7 Å². The van der Waals surface area contributed by atoms with Gasteiger partial charge in [0, 0.05) is 12.8 Å². The van der Waals surface area contributed by atoms with E-state index in [0.29, 0.717) is 5.75 Å². The highest BCUT2D eigenvalue weighted by Crippen LogP contribution is 2.10. The van der Waals surface area contributed by atoms with Gasteiger partial charge in [-0.1, -0.05) is 48.5 Å². The molecule has 0 saturated carbocycles. The fourth-order valence-corrected chi connectivity index (χ4v) is 1.77. The second-order valence-electron chi connectivity index (χ2n) is 4.63. The van der Waals surface area contributed by atoms with Crippen LogP contribution in [0.5, 0.6) is 5.75 Å². The van der Waals surface area contributed by atoms with Gasteiger partial charge in [0.25, 0.3) is 0 Å². The van der Waals surface area contributed by atoms with Gasteiger partial charge in [0.05, 0.1) is 0 Å². The Hall–Kier alpha value is -2.62. The minimum Gasteiger partial charge on any atom is -0.461 e. The monoisotopic (exact) mass is 297 g/mol. The van der Waals surface area contributed by atoms with Crippen molar-refractivity contribution in [2.75, 3.05) is 0 Å². The molecule has 0 aliphatic carbocycles. The number of benzene rings is 2. The Labute approximate surface area is 129 Å². The van der Waals surface area contributed by atoms with Gasteiger partial charge >= 0.3 is 11.9 Å². The summed E-state index contributed by atoms with van der Waals surface area (Å²) in [6, 6.07) is 18.2. The van der Waals surface area contributed by atoms with Crippen molar-refractivity contribution in [3.8, 4) is 5.75 Å². The maximum atomic E-state index is 11.6. The standard InChI is InChI=1S/C18H17O4/c19-17(21-14-15-8-3-1-4-9-15)12-7-13-18(20)22-16-10-5-2-6-11-16/h1-11H,12-14H2. The summed E-state index contributed by atoms with van der Waals surface area (Å²) < 4.78 is 10.2. The highest BCUT2D eigenvalue weighted by Gasteiger charge is 2.08. The molecular weight excluding hydrogens is 280 g/mol. The first-order valence-electron chi connectivity index (χ1n) is 7.01. The van der Waals surface area contributed by atoms with Crippen molar-refractivity contribution in [3.63, 3.8) is 0 Å². The SMILES string of the molecule is O=C(C[CH]CC(=O)Oc1ccccc1)OCc1ccccc1. The molecule has 0 aromatic heterocycles. The Morgan fingerprint density at radius 2 is 1.41 bits per heavy atom. The number of para-hydroxylation sites is 1. The van der Waals surface area contributed by atoms with Gasteiger partial charge in [-0.15, -0.1) is 0 Å². The Balaban J connectivity index is 1.61. The van der Waals surface area contributed by atoms with Gasteiger partial charge < -0.3 is 9.47 Å². The van der Waals surface area contributed by atoms with Crippen molar-refractivity contribution < 1.29 is 19.1 Å². The molecule has 113 valence electrons. The Kier molecular flexibility index (Phi) is 6.18. The Bertz CT molecular complexity index is 593. The molecule has 0 aliphatic heterocycles. The first-order chi connectivity index (χ1) is 10.7. The van der Waals surface area contributed by atoms with Crippen molar-refractivity contribution >= 4 is 11.9 Å². The van der Waals surface area contributed by atoms with Crippen molar-refractivity contribution in [1.29, 1.82) is 0 Å². The van der Waals surface area contributed by atoms with Crippen LogP contribution in [0.4, 0.5) is 0 Å². The highest BCUT2D eigenvalue weighted by atomic mass is 16.5. The number of rotatable bonds is 7. The minimum absolute atomic E-state index is 0.0648. The van der Waals surface area contributed by atoms with Crippen molar-refractivity contribution in [2.45, 2.75) is 19.4 Å². The maximum Gasteiger partial charge on any atom is 0.311 e. The summed E-state index contributed by atoms with van der Waals surface area (Å²) in [5.74, 6) is -0.272. The molecule has 0 atom stereocenters. The minimum atomic E-state index is -0.401. The molecule has 4 nitrogen and oxygen atoms in total. The van der Waals surface area contributed by atoms with Gasteiger partial charge in [-0.25, -0.2) is 0 Å². The van der Waals surface area contributed by atoms with Crippen LogP contribution in [-0.4, -0.2) is 11.9 Å². The van der Waals surface area contributed by atoms with Crippen LogP contribution < -0.4 is 4.74 Å². The van der Waals surface area contributed by atoms with E-state index in [0.717, 1.165) is 5.56 Å². The molecule has 0 saturated heterocycles. The summed E-state index contributed by atoms with van der Waals surface area (Å²) in [5, 5.41) is 0. The molecule has 0 heterocycles. The number of hydrogen-bond acceptors (Lipinski definition) is 4. The molecule has 4 heteroatoms. The molecule has 0 fully saturated rings. The Morgan fingerprint density at radius 1 is 0.818 bits per heavy atom. The van der Waals surface area contributed by atoms with Crippen LogP contribution in [-0.2, 0) is 20.9 Å². The van der Waals surface area contributed by atoms with E-state index in [-0.39, 0.29) is 25.4 Å². The van der Waals surface area contributed by atoms with E-state index in [1.807, 2.05) is 36.4 Å². The second kappa shape index (κ2) is 8.62. The van der Waals surface area contributed by atoms with Crippen molar-refractivity contribution in [3.05, 3.63) is 72.6 Å². The summed E-state index contributed by atoms with van der Waals surface area (Å²) in [7, 11) is 0. The number of ether oxygens (including phenoxy) is 2. The summed E-state index contributed by atoms with van der Waals surface area (Å²) in [6.45, 7) is 0.238. The average Bonchev–Trinajstić information content (AvgIpc) is 2.55. The fraction of sp³-hybridized carbons (Fsp3) is 0.167. The molecule has 22 heavy (non-hydrogen) atoms. The largest absolute Gasteiger partial charge is 0.461 e. The van der Waals surface area contributed by atoms with Crippen LogP contribution in [0.3, 0.4) is 0 Å². The lowest BCUT2D eigenvalue weighted by atomic mass is 10.2. The molecule has 2 aromatic rings. The van der Waals surface area contributed by atoms with Gasteiger partial charge in [0.2, 0.25) is 0 Å². The van der Waals surface area contributed by atoms with Crippen LogP contribution in [0.25, 0.3) is 0 Å². The zero-order valence-electron chi connectivity index (χ0n) is 12.1. The van der Waals surface area contributed by atoms with Gasteiger partial charge in [-0.3, -0.25) is 9.59 Å². The third-order valence-electron chi connectivity index (χ3n) is 2.84. The summed E-state index contributed by atoms with van der Waals surface area (Å²) in [6.07, 6.45) is 1.70. The van der Waals surface area contributed by atoms with Gasteiger partial charge in [-0.05, 0) is 24.1 Å². The number of carbonyl (C=O) groups is 2. The zero-order valence-corrected chi connectivity index (χ0v) is 12.1. The summed E-state index contributed by atoms with van der Waals surface area (Å²) in [4.78, 5) is 23.1. The zero-order chi connectivity index (χ0) is 15.6. The molecule has 0 amide bonds. The van der Waals surface area contributed by atoms with E-state index in [9.17, 15) is 9.59 Å². The van der Waals surface area contributed by atoms with E-state index < -0.39 is 5.97 Å². The summed E-state index contributed by atoms with van der Waals surface area (Å²) in [5.41, 5.74) is 0.930. The maximum absolute atomic E-state index is 11.6. The lowest BCUT2D eigenvalue weighted by molar-refractivity contribution is -0.144. The number of hydrogen-bond donors (Lipinski definition) is 0. The molecule has 0 bridgehead atoms. The predicted molar refractivity (Wildman–Crippen MR) is 81.8 cm³/mol. The average molecular weight is 297 g/mol. The van der Waals surface area contributed by atoms with Crippen LogP contribution >= 0.6 is 0 Å². The van der Waals surface area contributed by atoms with Crippen LogP contribution in [0, 0.1) is 6.42 Å². The topological polar surface area (TPSA) is 52.6 Å². The lowest BCUT2D eigenvalue weighted by Gasteiger charge is -2.05. The highest BCUT2D eigenvalue weighted by molar-refractivity contribution is 5.76. The number of carbonyl (C=O) groups excluding carboxylic acids is 2. The molecule has 2 aromatic carbocycles. The number of esters is 2. The Morgan fingerprint density at radius 3 is 2.09 bits per heavy atom. The molecule has 0 aliphatic rings. The molecule has 2 rings (SSSR count). The summed E-state index contributed by atoms with van der Waals surface area (Å²) >= 11 is 0.